The Morgan fingerprint density at radius 1 is 1.04 bits per heavy atom. The monoisotopic (exact) mass is 366 g/mol. The molecule has 0 fully saturated rings. The predicted octanol–water partition coefficient (Wildman–Crippen LogP) is 7.69. The van der Waals surface area contributed by atoms with E-state index in [4.69, 9.17) is 0 Å². The molecule has 0 saturated heterocycles. The molecule has 0 saturated carbocycles. The molecule has 0 amide bonds. The average Bonchev–Trinajstić information content (AvgIpc) is 2.70. The number of halogens is 1. The molecule has 27 heavy (non-hydrogen) atoms. The minimum Gasteiger partial charge on any atom is -0.246 e. The van der Waals surface area contributed by atoms with Gasteiger partial charge in [-0.2, -0.15) is 0 Å². The smallest absolute Gasteiger partial charge is 0.115 e. The van der Waals surface area contributed by atoms with E-state index in [1.807, 2.05) is 12.1 Å². The van der Waals surface area contributed by atoms with Crippen molar-refractivity contribution in [3.05, 3.63) is 59.2 Å². The Bertz CT molecular complexity index is 683. The molecular formula is C26H35F. The summed E-state index contributed by atoms with van der Waals surface area (Å²) in [5.41, 5.74) is 3.47. The Kier molecular flexibility index (Phi) is 8.86. The summed E-state index contributed by atoms with van der Waals surface area (Å²) < 4.78 is 13.0. The Morgan fingerprint density at radius 3 is 2.37 bits per heavy atom. The van der Waals surface area contributed by atoms with Crippen LogP contribution in [-0.2, 0) is 12.1 Å². The highest BCUT2D eigenvalue weighted by molar-refractivity contribution is 5.44. The van der Waals surface area contributed by atoms with Crippen LogP contribution in [0.5, 0.6) is 0 Å². The highest BCUT2D eigenvalue weighted by Crippen LogP contribution is 2.43. The Balaban J connectivity index is 2.33. The van der Waals surface area contributed by atoms with Crippen molar-refractivity contribution in [1.82, 2.24) is 0 Å². The third-order valence-electron chi connectivity index (χ3n) is 5.66. The molecule has 1 heteroatoms. The predicted molar refractivity (Wildman–Crippen MR) is 115 cm³/mol. The van der Waals surface area contributed by atoms with Crippen LogP contribution in [0, 0.1) is 17.8 Å². The number of unbranched alkanes of at least 4 members (excludes halogenated alkanes) is 2. The summed E-state index contributed by atoms with van der Waals surface area (Å²) in [6, 6.07) is 8.17. The van der Waals surface area contributed by atoms with Crippen molar-refractivity contribution in [2.75, 3.05) is 0 Å². The van der Waals surface area contributed by atoms with E-state index in [1.165, 1.54) is 24.0 Å². The SMILES string of the molecule is CCCCC#CCCC(CCC)(C1=CCC(C)C=C1)c1ccc(CF)cc1. The van der Waals surface area contributed by atoms with Gasteiger partial charge in [0.2, 0.25) is 0 Å². The number of hydrogen-bond donors (Lipinski definition) is 0. The average molecular weight is 367 g/mol. The van der Waals surface area contributed by atoms with Gasteiger partial charge in [0.15, 0.2) is 0 Å². The first-order valence-corrected chi connectivity index (χ1v) is 10.7. The first kappa shape index (κ1) is 21.5. The zero-order chi connectivity index (χ0) is 19.5. The van der Waals surface area contributed by atoms with Crippen molar-refractivity contribution in [2.24, 2.45) is 5.92 Å². The molecule has 1 aliphatic rings. The van der Waals surface area contributed by atoms with E-state index in [0.717, 1.165) is 44.1 Å². The second-order valence-electron chi connectivity index (χ2n) is 7.85. The lowest BCUT2D eigenvalue weighted by atomic mass is 9.66. The molecule has 1 aliphatic carbocycles. The van der Waals surface area contributed by atoms with Crippen LogP contribution in [0.2, 0.25) is 0 Å². The third-order valence-corrected chi connectivity index (χ3v) is 5.66. The van der Waals surface area contributed by atoms with E-state index in [1.54, 1.807) is 0 Å². The zero-order valence-electron chi connectivity index (χ0n) is 17.4. The molecule has 0 radical (unpaired) electrons. The maximum absolute atomic E-state index is 13.0. The minimum absolute atomic E-state index is 0.0142. The molecule has 0 aromatic heterocycles. The van der Waals surface area contributed by atoms with E-state index < -0.39 is 6.67 Å². The van der Waals surface area contributed by atoms with Crippen LogP contribution in [0.1, 0.15) is 83.3 Å². The molecule has 0 aliphatic heterocycles. The standard InChI is InChI=1S/C26H35F/c1-4-6-7-8-9-10-20-26(19-5-2,24-15-11-22(3)12-16-24)25-17-13-23(21-27)14-18-25/h11,13-18,22H,4-7,10,12,19-21H2,1-3H3. The summed E-state index contributed by atoms with van der Waals surface area (Å²) in [5.74, 6) is 7.36. The Morgan fingerprint density at radius 2 is 1.78 bits per heavy atom. The van der Waals surface area contributed by atoms with Crippen LogP contribution in [0.25, 0.3) is 0 Å². The maximum atomic E-state index is 13.0. The van der Waals surface area contributed by atoms with Crippen molar-refractivity contribution in [3.63, 3.8) is 0 Å². The lowest BCUT2D eigenvalue weighted by Crippen LogP contribution is -2.29. The molecular weight excluding hydrogens is 331 g/mol. The molecule has 1 aromatic carbocycles. The van der Waals surface area contributed by atoms with Gasteiger partial charge in [0.1, 0.15) is 6.67 Å². The summed E-state index contributed by atoms with van der Waals surface area (Å²) in [4.78, 5) is 0. The second-order valence-corrected chi connectivity index (χ2v) is 7.85. The highest BCUT2D eigenvalue weighted by Gasteiger charge is 2.34. The van der Waals surface area contributed by atoms with Crippen LogP contribution < -0.4 is 0 Å². The molecule has 0 nitrogen and oxygen atoms in total. The summed E-state index contributed by atoms with van der Waals surface area (Å²) in [5, 5.41) is 0. The fourth-order valence-corrected chi connectivity index (χ4v) is 4.01. The van der Waals surface area contributed by atoms with Crippen molar-refractivity contribution < 1.29 is 4.39 Å². The third kappa shape index (κ3) is 5.83. The van der Waals surface area contributed by atoms with Gasteiger partial charge in [-0.05, 0) is 48.3 Å². The summed E-state index contributed by atoms with van der Waals surface area (Å²) in [6.45, 7) is 6.33. The molecule has 2 rings (SSSR count). The van der Waals surface area contributed by atoms with E-state index in [9.17, 15) is 4.39 Å². The number of hydrogen-bond acceptors (Lipinski definition) is 0. The summed E-state index contributed by atoms with van der Waals surface area (Å²) >= 11 is 0. The molecule has 146 valence electrons. The molecule has 2 atom stereocenters. The summed E-state index contributed by atoms with van der Waals surface area (Å²) in [6.07, 6.45) is 15.7. The number of allylic oxidation sites excluding steroid dienone is 4. The van der Waals surface area contributed by atoms with Gasteiger partial charge in [-0.3, -0.25) is 0 Å². The van der Waals surface area contributed by atoms with Crippen molar-refractivity contribution in [3.8, 4) is 11.8 Å². The zero-order valence-corrected chi connectivity index (χ0v) is 17.4. The Hall–Kier alpha value is -1.81. The summed E-state index contributed by atoms with van der Waals surface area (Å²) in [7, 11) is 0. The fraction of sp³-hybridized carbons (Fsp3) is 0.538. The number of benzene rings is 1. The largest absolute Gasteiger partial charge is 0.246 e. The quantitative estimate of drug-likeness (QED) is 0.310. The van der Waals surface area contributed by atoms with Gasteiger partial charge >= 0.3 is 0 Å². The van der Waals surface area contributed by atoms with E-state index in [-0.39, 0.29) is 5.41 Å². The molecule has 1 aromatic rings. The molecule has 0 spiro atoms. The topological polar surface area (TPSA) is 0 Å². The van der Waals surface area contributed by atoms with Crippen LogP contribution in [-0.4, -0.2) is 0 Å². The van der Waals surface area contributed by atoms with Crippen LogP contribution in [0.3, 0.4) is 0 Å². The van der Waals surface area contributed by atoms with E-state index >= 15 is 0 Å². The van der Waals surface area contributed by atoms with Gasteiger partial charge in [0, 0.05) is 18.3 Å². The number of rotatable bonds is 9. The molecule has 0 N–H and O–H groups in total. The lowest BCUT2D eigenvalue weighted by molar-refractivity contribution is 0.430. The Labute approximate surface area is 166 Å². The molecule has 0 bridgehead atoms. The van der Waals surface area contributed by atoms with Gasteiger partial charge in [-0.15, -0.1) is 11.8 Å². The van der Waals surface area contributed by atoms with Gasteiger partial charge in [-0.1, -0.05) is 76.1 Å². The first-order chi connectivity index (χ1) is 13.2. The normalized spacial score (nSPS) is 18.4. The van der Waals surface area contributed by atoms with Gasteiger partial charge in [0.25, 0.3) is 0 Å². The lowest BCUT2D eigenvalue weighted by Gasteiger charge is -2.37. The fourth-order valence-electron chi connectivity index (χ4n) is 4.01. The van der Waals surface area contributed by atoms with Gasteiger partial charge in [-0.25, -0.2) is 4.39 Å². The molecule has 2 unspecified atom stereocenters. The van der Waals surface area contributed by atoms with Crippen molar-refractivity contribution in [1.29, 1.82) is 0 Å². The van der Waals surface area contributed by atoms with Crippen molar-refractivity contribution in [2.45, 2.75) is 84.2 Å². The van der Waals surface area contributed by atoms with Crippen LogP contribution >= 0.6 is 0 Å². The second kappa shape index (κ2) is 11.1. The highest BCUT2D eigenvalue weighted by atomic mass is 19.1. The van der Waals surface area contributed by atoms with Crippen LogP contribution in [0.4, 0.5) is 4.39 Å². The van der Waals surface area contributed by atoms with Gasteiger partial charge < -0.3 is 0 Å². The van der Waals surface area contributed by atoms with Crippen LogP contribution in [0.15, 0.2) is 48.1 Å². The van der Waals surface area contributed by atoms with Gasteiger partial charge in [0.05, 0.1) is 0 Å². The number of alkyl halides is 1. The maximum Gasteiger partial charge on any atom is 0.115 e. The van der Waals surface area contributed by atoms with E-state index in [0.29, 0.717) is 5.92 Å². The van der Waals surface area contributed by atoms with E-state index in [2.05, 4.69) is 63.0 Å². The minimum atomic E-state index is -0.399. The first-order valence-electron chi connectivity index (χ1n) is 10.7. The van der Waals surface area contributed by atoms with Crippen molar-refractivity contribution >= 4 is 0 Å². The molecule has 0 heterocycles.